The Hall–Kier alpha value is -2.55. The predicted molar refractivity (Wildman–Crippen MR) is 129 cm³/mol. The fraction of sp³-hybridized carbons (Fsp3) is 0.708. The molecule has 0 bridgehead atoms. The number of methoxy groups -OCH3 is 1. The molecule has 1 amide bonds. The van der Waals surface area contributed by atoms with Gasteiger partial charge in [0.25, 0.3) is 5.56 Å². The zero-order valence-corrected chi connectivity index (χ0v) is 21.4. The van der Waals surface area contributed by atoms with E-state index in [2.05, 4.69) is 17.3 Å². The molecule has 1 N–H and O–H groups in total. The first kappa shape index (κ1) is 26.7. The molecule has 9 heteroatoms. The number of nitrogens with zero attached hydrogens (tertiary/aromatic N) is 3. The van der Waals surface area contributed by atoms with Gasteiger partial charge >= 0.3 is 12.1 Å². The number of likely N-dealkylation sites (tertiary alicyclic amines) is 2. The molecular weight excluding hydrogens is 424 g/mol. The summed E-state index contributed by atoms with van der Waals surface area (Å²) in [7, 11) is 3.41. The van der Waals surface area contributed by atoms with E-state index < -0.39 is 23.2 Å². The predicted octanol–water partition coefficient (Wildman–Crippen LogP) is 3.13. The van der Waals surface area contributed by atoms with Gasteiger partial charge < -0.3 is 29.2 Å². The van der Waals surface area contributed by atoms with Crippen LogP contribution in [0.4, 0.5) is 10.5 Å². The first-order valence-electron chi connectivity index (χ1n) is 11.7. The Morgan fingerprint density at radius 2 is 1.73 bits per heavy atom. The number of aromatic nitrogens is 1. The Morgan fingerprint density at radius 1 is 1.15 bits per heavy atom. The van der Waals surface area contributed by atoms with Crippen molar-refractivity contribution < 1.29 is 19.1 Å². The number of piperidine rings is 1. The molecule has 0 spiro atoms. The van der Waals surface area contributed by atoms with E-state index in [0.29, 0.717) is 24.3 Å². The fourth-order valence-corrected chi connectivity index (χ4v) is 4.10. The molecule has 0 atom stereocenters. The van der Waals surface area contributed by atoms with Crippen molar-refractivity contribution in [2.75, 3.05) is 45.7 Å². The Labute approximate surface area is 197 Å². The van der Waals surface area contributed by atoms with Crippen molar-refractivity contribution in [1.82, 2.24) is 14.4 Å². The van der Waals surface area contributed by atoms with E-state index in [1.165, 1.54) is 17.7 Å². The van der Waals surface area contributed by atoms with Crippen LogP contribution in [0.1, 0.15) is 64.7 Å². The minimum atomic E-state index is -0.622. The maximum absolute atomic E-state index is 13.0. The van der Waals surface area contributed by atoms with Crippen LogP contribution in [-0.2, 0) is 15.0 Å². The van der Waals surface area contributed by atoms with Crippen molar-refractivity contribution in [1.29, 1.82) is 0 Å². The van der Waals surface area contributed by atoms with Gasteiger partial charge in [-0.15, -0.1) is 0 Å². The largest absolute Gasteiger partial charge is 0.465 e. The number of amides is 1. The van der Waals surface area contributed by atoms with Gasteiger partial charge in [0.05, 0.1) is 23.9 Å². The first-order chi connectivity index (χ1) is 15.4. The van der Waals surface area contributed by atoms with Gasteiger partial charge in [-0.2, -0.15) is 0 Å². The SMILES string of the molecule is CC.COC(=O)c1cn(C2(C)CN(C(=O)OC(C)(C)C)C2)c(=O)cc1NC1CCN(C)CC1. The van der Waals surface area contributed by atoms with Gasteiger partial charge in [0.15, 0.2) is 0 Å². The summed E-state index contributed by atoms with van der Waals surface area (Å²) in [6, 6.07) is 1.66. The zero-order valence-electron chi connectivity index (χ0n) is 21.4. The molecule has 0 aromatic carbocycles. The van der Waals surface area contributed by atoms with Crippen molar-refractivity contribution in [2.24, 2.45) is 0 Å². The molecule has 0 radical (unpaired) electrons. The lowest BCUT2D eigenvalue weighted by molar-refractivity contribution is -0.0241. The summed E-state index contributed by atoms with van der Waals surface area (Å²) in [5.74, 6) is -0.504. The lowest BCUT2D eigenvalue weighted by Crippen LogP contribution is -2.65. The third kappa shape index (κ3) is 6.50. The van der Waals surface area contributed by atoms with E-state index in [-0.39, 0.29) is 11.6 Å². The first-order valence-corrected chi connectivity index (χ1v) is 11.7. The van der Waals surface area contributed by atoms with E-state index in [1.807, 2.05) is 41.5 Å². The molecule has 2 aliphatic heterocycles. The Kier molecular flexibility index (Phi) is 8.57. The maximum atomic E-state index is 13.0. The second-order valence-corrected chi connectivity index (χ2v) is 9.86. The van der Waals surface area contributed by atoms with E-state index in [4.69, 9.17) is 9.47 Å². The van der Waals surface area contributed by atoms with Crippen LogP contribution in [0.15, 0.2) is 17.1 Å². The molecule has 0 unspecified atom stereocenters. The van der Waals surface area contributed by atoms with Crippen LogP contribution in [0.5, 0.6) is 0 Å². The van der Waals surface area contributed by atoms with Gasteiger partial charge in [-0.25, -0.2) is 9.59 Å². The highest BCUT2D eigenvalue weighted by atomic mass is 16.6. The summed E-state index contributed by atoms with van der Waals surface area (Å²) in [5.41, 5.74) is -0.621. The third-order valence-electron chi connectivity index (χ3n) is 5.83. The molecule has 186 valence electrons. The molecule has 33 heavy (non-hydrogen) atoms. The molecule has 9 nitrogen and oxygen atoms in total. The lowest BCUT2D eigenvalue weighted by atomic mass is 9.91. The average molecular weight is 465 g/mol. The van der Waals surface area contributed by atoms with Crippen LogP contribution in [-0.4, -0.2) is 78.4 Å². The minimum Gasteiger partial charge on any atom is -0.465 e. The van der Waals surface area contributed by atoms with Crippen LogP contribution >= 0.6 is 0 Å². The third-order valence-corrected chi connectivity index (χ3v) is 5.83. The molecule has 1 aromatic rings. The van der Waals surface area contributed by atoms with Crippen molar-refractivity contribution in [3.63, 3.8) is 0 Å². The van der Waals surface area contributed by atoms with Gasteiger partial charge in [-0.05, 0) is 60.7 Å². The van der Waals surface area contributed by atoms with Gasteiger partial charge in [-0.3, -0.25) is 4.79 Å². The number of carbonyl (C=O) groups is 2. The van der Waals surface area contributed by atoms with E-state index in [1.54, 1.807) is 11.1 Å². The number of esters is 1. The number of hydrogen-bond donors (Lipinski definition) is 1. The summed E-state index contributed by atoms with van der Waals surface area (Å²) >= 11 is 0. The van der Waals surface area contributed by atoms with Crippen molar-refractivity contribution in [3.8, 4) is 0 Å². The van der Waals surface area contributed by atoms with Gasteiger partial charge in [-0.1, -0.05) is 13.8 Å². The second kappa shape index (κ2) is 10.6. The van der Waals surface area contributed by atoms with Crippen molar-refractivity contribution >= 4 is 17.7 Å². The average Bonchev–Trinajstić information content (AvgIpc) is 2.73. The Morgan fingerprint density at radius 3 is 2.24 bits per heavy atom. The molecular formula is C24H40N4O5. The lowest BCUT2D eigenvalue weighted by Gasteiger charge is -2.48. The molecule has 3 rings (SSSR count). The maximum Gasteiger partial charge on any atom is 0.410 e. The molecule has 2 fully saturated rings. The number of carbonyl (C=O) groups excluding carboxylic acids is 2. The van der Waals surface area contributed by atoms with Crippen LogP contribution in [0, 0.1) is 0 Å². The molecule has 0 aliphatic carbocycles. The summed E-state index contributed by atoms with van der Waals surface area (Å²) < 4.78 is 11.9. The van der Waals surface area contributed by atoms with Crippen molar-refractivity contribution in [2.45, 2.75) is 71.6 Å². The number of hydrogen-bond acceptors (Lipinski definition) is 7. The highest BCUT2D eigenvalue weighted by molar-refractivity contribution is 5.95. The van der Waals surface area contributed by atoms with Crippen molar-refractivity contribution in [3.05, 3.63) is 28.2 Å². The number of ether oxygens (including phenoxy) is 2. The monoisotopic (exact) mass is 464 g/mol. The van der Waals surface area contributed by atoms with E-state index in [9.17, 15) is 14.4 Å². The highest BCUT2D eigenvalue weighted by Gasteiger charge is 2.45. The Balaban J connectivity index is 0.00000187. The quantitative estimate of drug-likeness (QED) is 0.684. The van der Waals surface area contributed by atoms with Gasteiger partial charge in [0.2, 0.25) is 0 Å². The summed E-state index contributed by atoms with van der Waals surface area (Å²) in [6.07, 6.45) is 3.01. The molecule has 1 aromatic heterocycles. The smallest absolute Gasteiger partial charge is 0.410 e. The van der Waals surface area contributed by atoms with Crippen LogP contribution in [0.25, 0.3) is 0 Å². The number of nitrogens with one attached hydrogen (secondary N) is 1. The van der Waals surface area contributed by atoms with E-state index in [0.717, 1.165) is 25.9 Å². The van der Waals surface area contributed by atoms with Gasteiger partial charge in [0.1, 0.15) is 5.60 Å². The summed E-state index contributed by atoms with van der Waals surface area (Å²) in [5, 5.41) is 3.37. The summed E-state index contributed by atoms with van der Waals surface area (Å²) in [4.78, 5) is 41.6. The second-order valence-electron chi connectivity index (χ2n) is 9.86. The number of anilines is 1. The molecule has 2 saturated heterocycles. The van der Waals surface area contributed by atoms with Crippen LogP contribution in [0.3, 0.4) is 0 Å². The molecule has 0 saturated carbocycles. The number of pyridine rings is 1. The van der Waals surface area contributed by atoms with E-state index >= 15 is 0 Å². The van der Waals surface area contributed by atoms with Crippen LogP contribution in [0.2, 0.25) is 0 Å². The highest BCUT2D eigenvalue weighted by Crippen LogP contribution is 2.30. The Bertz CT molecular complexity index is 891. The standard InChI is InChI=1S/C22H34N4O5.C2H6/c1-21(2,3)31-20(29)25-13-22(4,14-25)26-12-16(19(28)30-6)17(11-18(26)27)23-15-7-9-24(5)10-8-15;1-2/h11-12,15,23H,7-10,13-14H2,1-6H3;1-2H3. The van der Waals surface area contributed by atoms with Gasteiger partial charge in [0, 0.05) is 31.4 Å². The zero-order chi connectivity index (χ0) is 25.0. The minimum absolute atomic E-state index is 0.191. The topological polar surface area (TPSA) is 93.1 Å². The molecule has 3 heterocycles. The van der Waals surface area contributed by atoms with Crippen LogP contribution < -0.4 is 10.9 Å². The number of rotatable bonds is 4. The fourth-order valence-electron chi connectivity index (χ4n) is 4.10. The normalized spacial score (nSPS) is 18.5. The summed E-state index contributed by atoms with van der Waals surface area (Å²) in [6.45, 7) is 13.9. The molecule has 2 aliphatic rings.